The third-order valence-electron chi connectivity index (χ3n) is 5.76. The van der Waals surface area contributed by atoms with Gasteiger partial charge in [0.1, 0.15) is 6.33 Å². The van der Waals surface area contributed by atoms with Crippen molar-refractivity contribution in [3.8, 4) is 0 Å². The number of thioether (sulfide) groups is 1. The molecule has 0 amide bonds. The Hall–Kier alpha value is -1.34. The molecule has 24 heavy (non-hydrogen) atoms. The molecule has 0 unspecified atom stereocenters. The Morgan fingerprint density at radius 3 is 2.88 bits per heavy atom. The first-order chi connectivity index (χ1) is 11.7. The molecule has 4 rings (SSSR count). The monoisotopic (exact) mass is 346 g/mol. The summed E-state index contributed by atoms with van der Waals surface area (Å²) in [5.74, 6) is 2.05. The number of hydrogen-bond acceptors (Lipinski definition) is 6. The maximum atomic E-state index is 6.41. The number of nitrogens with two attached hydrogens (primary N) is 1. The highest BCUT2D eigenvalue weighted by Gasteiger charge is 2.43. The molecular formula is C17H26N6S. The van der Waals surface area contributed by atoms with E-state index in [1.165, 1.54) is 32.1 Å². The second kappa shape index (κ2) is 6.52. The zero-order chi connectivity index (χ0) is 16.6. The molecule has 2 aliphatic rings. The van der Waals surface area contributed by atoms with Gasteiger partial charge < -0.3 is 10.6 Å². The summed E-state index contributed by atoms with van der Waals surface area (Å²) in [6.07, 6.45) is 11.0. The lowest BCUT2D eigenvalue weighted by molar-refractivity contribution is 0.197. The summed E-state index contributed by atoms with van der Waals surface area (Å²) in [7, 11) is 0. The Labute approximate surface area is 147 Å². The molecule has 0 aromatic carbocycles. The lowest BCUT2D eigenvalue weighted by atomic mass is 9.74. The SMILES string of the molecule is CCCSc1cnc(N2CCC3(CCC[C@H]3N)CC2)n2cnnc12. The van der Waals surface area contributed by atoms with Crippen molar-refractivity contribution >= 4 is 23.4 Å². The minimum absolute atomic E-state index is 0.375. The van der Waals surface area contributed by atoms with Crippen molar-refractivity contribution in [2.24, 2.45) is 11.1 Å². The van der Waals surface area contributed by atoms with Gasteiger partial charge in [0.25, 0.3) is 0 Å². The maximum Gasteiger partial charge on any atom is 0.212 e. The van der Waals surface area contributed by atoms with Gasteiger partial charge in [0.2, 0.25) is 5.95 Å². The molecule has 1 aliphatic heterocycles. The summed E-state index contributed by atoms with van der Waals surface area (Å²) >= 11 is 1.80. The first-order valence-electron chi connectivity index (χ1n) is 9.05. The predicted molar refractivity (Wildman–Crippen MR) is 97.5 cm³/mol. The van der Waals surface area contributed by atoms with Gasteiger partial charge in [0.05, 0.1) is 4.90 Å². The van der Waals surface area contributed by atoms with Gasteiger partial charge >= 0.3 is 0 Å². The van der Waals surface area contributed by atoms with E-state index in [1.54, 1.807) is 18.1 Å². The van der Waals surface area contributed by atoms with Gasteiger partial charge in [0.15, 0.2) is 5.65 Å². The van der Waals surface area contributed by atoms with Crippen LogP contribution < -0.4 is 10.6 Å². The van der Waals surface area contributed by atoms with Crippen molar-refractivity contribution in [2.45, 2.75) is 56.4 Å². The summed E-state index contributed by atoms with van der Waals surface area (Å²) in [5, 5.41) is 8.44. The number of rotatable bonds is 4. The number of piperidine rings is 1. The highest BCUT2D eigenvalue weighted by molar-refractivity contribution is 7.99. The first-order valence-corrected chi connectivity index (χ1v) is 10.0. The van der Waals surface area contributed by atoms with Crippen molar-refractivity contribution in [1.82, 2.24) is 19.6 Å². The van der Waals surface area contributed by atoms with Crippen LogP contribution in [0.15, 0.2) is 17.4 Å². The standard InChI is InChI=1S/C17H26N6S/c1-2-10-24-13-11-19-16(23-12-20-21-15(13)23)22-8-6-17(7-9-22)5-3-4-14(17)18/h11-12,14H,2-10,18H2,1H3/t14-/m1/s1. The molecule has 7 heteroatoms. The average Bonchev–Trinajstić information content (AvgIpc) is 3.22. The van der Waals surface area contributed by atoms with Crippen LogP contribution in [0.2, 0.25) is 0 Å². The number of nitrogens with zero attached hydrogens (tertiary/aromatic N) is 5. The predicted octanol–water partition coefficient (Wildman–Crippen LogP) is 2.72. The maximum absolute atomic E-state index is 6.41. The zero-order valence-electron chi connectivity index (χ0n) is 14.3. The van der Waals surface area contributed by atoms with Gasteiger partial charge in [-0.05, 0) is 43.3 Å². The van der Waals surface area contributed by atoms with Crippen molar-refractivity contribution in [2.75, 3.05) is 23.7 Å². The van der Waals surface area contributed by atoms with Gasteiger partial charge in [-0.1, -0.05) is 13.3 Å². The van der Waals surface area contributed by atoms with E-state index in [-0.39, 0.29) is 0 Å². The Kier molecular flexibility index (Phi) is 4.39. The lowest BCUT2D eigenvalue weighted by Crippen LogP contribution is -2.47. The van der Waals surface area contributed by atoms with Crippen LogP contribution in [0.4, 0.5) is 5.95 Å². The zero-order valence-corrected chi connectivity index (χ0v) is 15.1. The molecular weight excluding hydrogens is 320 g/mol. The third-order valence-corrected chi connectivity index (χ3v) is 6.97. The van der Waals surface area contributed by atoms with Gasteiger partial charge in [-0.2, -0.15) is 0 Å². The highest BCUT2D eigenvalue weighted by Crippen LogP contribution is 2.45. The van der Waals surface area contributed by atoms with Gasteiger partial charge in [-0.25, -0.2) is 9.38 Å². The Morgan fingerprint density at radius 1 is 1.33 bits per heavy atom. The number of anilines is 1. The molecule has 2 aromatic rings. The van der Waals surface area contributed by atoms with Gasteiger partial charge in [0, 0.05) is 25.3 Å². The minimum atomic E-state index is 0.375. The largest absolute Gasteiger partial charge is 0.342 e. The molecule has 2 aromatic heterocycles. The summed E-state index contributed by atoms with van der Waals surface area (Å²) in [4.78, 5) is 8.24. The van der Waals surface area contributed by atoms with E-state index in [1.807, 2.05) is 10.6 Å². The van der Waals surface area contributed by atoms with Crippen molar-refractivity contribution in [3.63, 3.8) is 0 Å². The molecule has 1 aliphatic carbocycles. The lowest BCUT2D eigenvalue weighted by Gasteiger charge is -2.42. The van der Waals surface area contributed by atoms with Crippen molar-refractivity contribution in [3.05, 3.63) is 12.5 Å². The van der Waals surface area contributed by atoms with Crippen LogP contribution in [-0.2, 0) is 0 Å². The fourth-order valence-electron chi connectivity index (χ4n) is 4.27. The third kappa shape index (κ3) is 2.67. The molecule has 0 radical (unpaired) electrons. The van der Waals surface area contributed by atoms with Crippen LogP contribution >= 0.6 is 11.8 Å². The molecule has 130 valence electrons. The van der Waals surface area contributed by atoms with Crippen LogP contribution in [0.3, 0.4) is 0 Å². The second-order valence-electron chi connectivity index (χ2n) is 7.14. The van der Waals surface area contributed by atoms with E-state index in [0.29, 0.717) is 11.5 Å². The summed E-state index contributed by atoms with van der Waals surface area (Å²) in [6.45, 7) is 4.23. The molecule has 1 saturated heterocycles. The molecule has 2 N–H and O–H groups in total. The van der Waals surface area contributed by atoms with Crippen molar-refractivity contribution < 1.29 is 0 Å². The highest BCUT2D eigenvalue weighted by atomic mass is 32.2. The molecule has 2 fully saturated rings. The first kappa shape index (κ1) is 16.1. The van der Waals surface area contributed by atoms with Crippen LogP contribution in [0.1, 0.15) is 45.4 Å². The minimum Gasteiger partial charge on any atom is -0.342 e. The van der Waals surface area contributed by atoms with Crippen molar-refractivity contribution in [1.29, 1.82) is 0 Å². The normalized spacial score (nSPS) is 23.4. The van der Waals surface area contributed by atoms with Crippen LogP contribution in [0.5, 0.6) is 0 Å². The molecule has 1 spiro atoms. The second-order valence-corrected chi connectivity index (χ2v) is 8.28. The van der Waals surface area contributed by atoms with E-state index >= 15 is 0 Å². The fraction of sp³-hybridized carbons (Fsp3) is 0.706. The number of fused-ring (bicyclic) bond motifs is 1. The van der Waals surface area contributed by atoms with E-state index < -0.39 is 0 Å². The van der Waals surface area contributed by atoms with E-state index in [0.717, 1.165) is 41.8 Å². The van der Waals surface area contributed by atoms with Crippen LogP contribution in [0.25, 0.3) is 5.65 Å². The van der Waals surface area contributed by atoms with E-state index in [2.05, 4.69) is 22.0 Å². The van der Waals surface area contributed by atoms with E-state index in [4.69, 9.17) is 10.7 Å². The topological polar surface area (TPSA) is 72.3 Å². The van der Waals surface area contributed by atoms with Gasteiger partial charge in [-0.15, -0.1) is 22.0 Å². The average molecular weight is 347 g/mol. The summed E-state index contributed by atoms with van der Waals surface area (Å²) in [6, 6.07) is 0.385. The molecule has 3 heterocycles. The molecule has 0 bridgehead atoms. The summed E-state index contributed by atoms with van der Waals surface area (Å²) < 4.78 is 2.05. The molecule has 6 nitrogen and oxygen atoms in total. The quantitative estimate of drug-likeness (QED) is 0.858. The molecule has 1 saturated carbocycles. The van der Waals surface area contributed by atoms with Crippen LogP contribution in [0, 0.1) is 5.41 Å². The Morgan fingerprint density at radius 2 is 2.17 bits per heavy atom. The number of hydrogen-bond donors (Lipinski definition) is 1. The fourth-order valence-corrected chi connectivity index (χ4v) is 5.09. The van der Waals surface area contributed by atoms with E-state index in [9.17, 15) is 0 Å². The van der Waals surface area contributed by atoms with Gasteiger partial charge in [-0.3, -0.25) is 0 Å². The number of aromatic nitrogens is 4. The smallest absolute Gasteiger partial charge is 0.212 e. The Bertz CT molecular complexity index is 706. The molecule has 1 atom stereocenters. The Balaban J connectivity index is 1.56. The summed E-state index contributed by atoms with van der Waals surface area (Å²) in [5.41, 5.74) is 7.71. The van der Waals surface area contributed by atoms with Crippen LogP contribution in [-0.4, -0.2) is 44.5 Å².